The molecule has 1 aliphatic heterocycles. The molecule has 0 atom stereocenters. The maximum Gasteiger partial charge on any atom is 0.210 e. The van der Waals surface area contributed by atoms with Gasteiger partial charge in [0, 0.05) is 12.3 Å². The number of allylic oxidation sites excluding steroid dienone is 3. The predicted octanol–water partition coefficient (Wildman–Crippen LogP) is 3.84. The largest absolute Gasteiger partial charge is 0.493 e. The second-order valence-corrected chi connectivity index (χ2v) is 7.14. The monoisotopic (exact) mass is 368 g/mol. The van der Waals surface area contributed by atoms with Crippen LogP contribution < -0.4 is 10.6 Å². The van der Waals surface area contributed by atoms with Gasteiger partial charge in [-0.15, -0.1) is 11.3 Å². The summed E-state index contributed by atoms with van der Waals surface area (Å²) in [5.74, 6) is 0.166. The van der Waals surface area contributed by atoms with E-state index in [1.54, 1.807) is 29.8 Å². The van der Waals surface area contributed by atoms with Crippen molar-refractivity contribution in [2.75, 3.05) is 0 Å². The average molecular weight is 369 g/mol. The molecule has 0 saturated heterocycles. The number of hydrogen-bond donors (Lipinski definition) is 1. The fourth-order valence-corrected chi connectivity index (χ4v) is 3.45. The Morgan fingerprint density at radius 1 is 1.32 bits per heavy atom. The van der Waals surface area contributed by atoms with E-state index in [4.69, 9.17) is 35.4 Å². The third-order valence-electron chi connectivity index (χ3n) is 3.15. The maximum atomic E-state index is 9.89. The van der Waals surface area contributed by atoms with Gasteiger partial charge in [-0.3, -0.25) is 4.57 Å². The Hall–Kier alpha value is -1.40. The molecule has 2 heterocycles. The molecule has 0 saturated carbocycles. The highest BCUT2D eigenvalue weighted by atomic mass is 35.5. The molecule has 1 aromatic heterocycles. The minimum atomic E-state index is 0.166. The van der Waals surface area contributed by atoms with Gasteiger partial charge in [-0.2, -0.15) is 0 Å². The topological polar surface area (TPSA) is 37.5 Å². The first-order valence-corrected chi connectivity index (χ1v) is 8.26. The number of fused-ring (bicyclic) bond motifs is 1. The first-order chi connectivity index (χ1) is 10.5. The van der Waals surface area contributed by atoms with Crippen molar-refractivity contribution < 1.29 is 5.11 Å². The van der Waals surface area contributed by atoms with Crippen molar-refractivity contribution in [1.29, 1.82) is 0 Å². The van der Waals surface area contributed by atoms with E-state index in [0.29, 0.717) is 18.9 Å². The van der Waals surface area contributed by atoms with Gasteiger partial charge in [0.25, 0.3) is 0 Å². The standard InChI is InChI=1S/C15H10Cl2N2OS2/c1-19-14(20)13(22-15(19)21)4-2-3-9-5-8-6-10(16)11(17)7-12(8)18-9/h2-7,20H,1H3. The van der Waals surface area contributed by atoms with Gasteiger partial charge in [0.05, 0.1) is 26.0 Å². The summed E-state index contributed by atoms with van der Waals surface area (Å²) in [6.45, 7) is 0. The summed E-state index contributed by atoms with van der Waals surface area (Å²) in [5.41, 5.74) is 0.795. The first kappa shape index (κ1) is 15.5. The van der Waals surface area contributed by atoms with Crippen molar-refractivity contribution in [1.82, 2.24) is 4.57 Å². The number of aromatic hydroxyl groups is 1. The van der Waals surface area contributed by atoms with Crippen molar-refractivity contribution in [2.45, 2.75) is 0 Å². The summed E-state index contributed by atoms with van der Waals surface area (Å²) in [7, 11) is 1.73. The normalized spacial score (nSPS) is 15.1. The van der Waals surface area contributed by atoms with Gasteiger partial charge in [-0.1, -0.05) is 29.3 Å². The molecule has 0 radical (unpaired) electrons. The number of aromatic nitrogens is 1. The molecule has 22 heavy (non-hydrogen) atoms. The Morgan fingerprint density at radius 3 is 2.73 bits per heavy atom. The zero-order chi connectivity index (χ0) is 15.9. The van der Waals surface area contributed by atoms with Gasteiger partial charge >= 0.3 is 0 Å². The highest BCUT2D eigenvalue weighted by Crippen LogP contribution is 2.26. The third-order valence-corrected chi connectivity index (χ3v) is 5.38. The van der Waals surface area contributed by atoms with Gasteiger partial charge in [0.1, 0.15) is 0 Å². The molecule has 0 unspecified atom stereocenters. The van der Waals surface area contributed by atoms with Crippen molar-refractivity contribution in [2.24, 2.45) is 12.0 Å². The van der Waals surface area contributed by atoms with Crippen LogP contribution in [0, 0.1) is 3.95 Å². The number of hydrogen-bond acceptors (Lipinski definition) is 4. The van der Waals surface area contributed by atoms with E-state index < -0.39 is 0 Å². The molecular formula is C15H10Cl2N2OS2. The smallest absolute Gasteiger partial charge is 0.210 e. The Bertz CT molecular complexity index is 957. The Balaban J connectivity index is 1.91. The van der Waals surface area contributed by atoms with Crippen LogP contribution in [0.3, 0.4) is 0 Å². The van der Waals surface area contributed by atoms with Gasteiger partial charge in [-0.25, -0.2) is 4.99 Å². The summed E-state index contributed by atoms with van der Waals surface area (Å²) in [5, 5.41) is 12.6. The molecule has 112 valence electrons. The van der Waals surface area contributed by atoms with Crippen molar-refractivity contribution in [3.8, 4) is 5.88 Å². The SMILES string of the molecule is Cn1c(O)c(C=CC=C2C=c3cc(Cl)c(Cl)cc3=N2)sc1=S. The van der Waals surface area contributed by atoms with Crippen LogP contribution in [0.4, 0.5) is 0 Å². The molecule has 1 aromatic carbocycles. The van der Waals surface area contributed by atoms with E-state index in [2.05, 4.69) is 4.99 Å². The lowest BCUT2D eigenvalue weighted by atomic mass is 10.2. The van der Waals surface area contributed by atoms with E-state index >= 15 is 0 Å². The zero-order valence-corrected chi connectivity index (χ0v) is 14.5. The fourth-order valence-electron chi connectivity index (χ4n) is 1.98. The molecule has 7 heteroatoms. The van der Waals surface area contributed by atoms with Crippen LogP contribution in [0.2, 0.25) is 10.0 Å². The molecule has 1 N–H and O–H groups in total. The van der Waals surface area contributed by atoms with Crippen LogP contribution in [0.15, 0.2) is 35.0 Å². The second kappa shape index (κ2) is 6.01. The number of rotatable bonds is 2. The van der Waals surface area contributed by atoms with Crippen molar-refractivity contribution in [3.63, 3.8) is 0 Å². The minimum Gasteiger partial charge on any atom is -0.493 e. The molecule has 0 fully saturated rings. The Kier molecular flexibility index (Phi) is 4.23. The Labute approximate surface area is 145 Å². The molecule has 2 aromatic rings. The zero-order valence-electron chi connectivity index (χ0n) is 11.4. The highest BCUT2D eigenvalue weighted by Gasteiger charge is 2.06. The number of halogens is 2. The maximum absolute atomic E-state index is 9.89. The molecule has 1 aliphatic rings. The van der Waals surface area contributed by atoms with Gasteiger partial charge < -0.3 is 5.11 Å². The Morgan fingerprint density at radius 2 is 2.05 bits per heavy atom. The van der Waals surface area contributed by atoms with Crippen molar-refractivity contribution >= 4 is 58.9 Å². The van der Waals surface area contributed by atoms with Crippen LogP contribution in [-0.2, 0) is 7.05 Å². The summed E-state index contributed by atoms with van der Waals surface area (Å²) < 4.78 is 2.19. The van der Waals surface area contributed by atoms with Crippen LogP contribution in [-0.4, -0.2) is 9.67 Å². The third kappa shape index (κ3) is 2.90. The van der Waals surface area contributed by atoms with Gasteiger partial charge in [0.2, 0.25) is 5.88 Å². The predicted molar refractivity (Wildman–Crippen MR) is 94.6 cm³/mol. The molecule has 0 spiro atoms. The number of thiazole rings is 1. The van der Waals surface area contributed by atoms with E-state index in [-0.39, 0.29) is 5.88 Å². The summed E-state index contributed by atoms with van der Waals surface area (Å²) in [6, 6.07) is 3.54. The summed E-state index contributed by atoms with van der Waals surface area (Å²) >= 11 is 18.4. The summed E-state index contributed by atoms with van der Waals surface area (Å²) in [6.07, 6.45) is 7.40. The van der Waals surface area contributed by atoms with E-state index in [1.807, 2.05) is 18.2 Å². The van der Waals surface area contributed by atoms with E-state index in [9.17, 15) is 5.11 Å². The fraction of sp³-hybridized carbons (Fsp3) is 0.0667. The molecule has 3 rings (SSSR count). The number of nitrogens with zero attached hydrogens (tertiary/aromatic N) is 2. The molecular weight excluding hydrogens is 359 g/mol. The lowest BCUT2D eigenvalue weighted by Gasteiger charge is -1.92. The molecule has 3 nitrogen and oxygen atoms in total. The van der Waals surface area contributed by atoms with Crippen LogP contribution in [0.5, 0.6) is 5.88 Å². The van der Waals surface area contributed by atoms with Crippen LogP contribution >= 0.6 is 46.8 Å². The lowest BCUT2D eigenvalue weighted by molar-refractivity contribution is 0.430. The first-order valence-electron chi connectivity index (χ1n) is 6.28. The molecule has 0 aliphatic carbocycles. The minimum absolute atomic E-state index is 0.166. The van der Waals surface area contributed by atoms with Gasteiger partial charge in [-0.05, 0) is 42.6 Å². The highest BCUT2D eigenvalue weighted by molar-refractivity contribution is 7.73. The van der Waals surface area contributed by atoms with Gasteiger partial charge in [0.15, 0.2) is 3.95 Å². The number of benzene rings is 1. The van der Waals surface area contributed by atoms with Crippen LogP contribution in [0.1, 0.15) is 4.88 Å². The average Bonchev–Trinajstić information content (AvgIpc) is 2.96. The molecule has 0 bridgehead atoms. The van der Waals surface area contributed by atoms with Crippen molar-refractivity contribution in [3.05, 3.63) is 59.4 Å². The van der Waals surface area contributed by atoms with Crippen LogP contribution in [0.25, 0.3) is 12.2 Å². The van der Waals surface area contributed by atoms with E-state index in [0.717, 1.165) is 16.3 Å². The second-order valence-electron chi connectivity index (χ2n) is 4.65. The lowest BCUT2D eigenvalue weighted by Crippen LogP contribution is -2.20. The van der Waals surface area contributed by atoms with E-state index in [1.165, 1.54) is 11.3 Å². The molecule has 0 amide bonds. The quantitative estimate of drug-likeness (QED) is 0.817. The summed E-state index contributed by atoms with van der Waals surface area (Å²) in [4.78, 5) is 5.17.